The first kappa shape index (κ1) is 13.8. The number of hydrogen-bond acceptors (Lipinski definition) is 3. The van der Waals surface area contributed by atoms with Gasteiger partial charge in [-0.25, -0.2) is 0 Å². The molecule has 1 N–H and O–H groups in total. The molecule has 0 unspecified atom stereocenters. The summed E-state index contributed by atoms with van der Waals surface area (Å²) < 4.78 is 28.4. The Morgan fingerprint density at radius 1 is 1.20 bits per heavy atom. The maximum Gasteiger partial charge on any atom is 0.387 e. The number of nitrogens with one attached hydrogen (secondary N) is 1. The number of ether oxygens (including phenoxy) is 1. The maximum absolute atomic E-state index is 12.0. The van der Waals surface area contributed by atoms with Crippen LogP contribution in [0.3, 0.4) is 0 Å². The Hall–Kier alpha value is -1.20. The fourth-order valence-corrected chi connectivity index (χ4v) is 2.78. The van der Waals surface area contributed by atoms with Crippen LogP contribution in [0.5, 0.6) is 5.75 Å². The molecule has 1 heterocycles. The monoisotopic (exact) mass is 282 g/mol. The normalized spacial score (nSPS) is 23.4. The zero-order valence-electron chi connectivity index (χ0n) is 11.4. The standard InChI is InChI=1S/C15H20F2N2O/c16-15(17)20-14-5-1-11(2-6-14)9-18-12-7-8-19(10-12)13-3-4-13/h1-2,5-6,12-13,15,18H,3-4,7-10H2/t12-/m0/s1. The Morgan fingerprint density at radius 2 is 1.95 bits per heavy atom. The van der Waals surface area contributed by atoms with Gasteiger partial charge >= 0.3 is 6.61 Å². The molecule has 20 heavy (non-hydrogen) atoms. The van der Waals surface area contributed by atoms with Gasteiger partial charge in [0.1, 0.15) is 5.75 Å². The number of rotatable bonds is 6. The van der Waals surface area contributed by atoms with Gasteiger partial charge in [0.25, 0.3) is 0 Å². The smallest absolute Gasteiger partial charge is 0.387 e. The first-order valence-corrected chi connectivity index (χ1v) is 7.22. The van der Waals surface area contributed by atoms with Crippen LogP contribution in [-0.2, 0) is 6.54 Å². The van der Waals surface area contributed by atoms with Gasteiger partial charge in [0.05, 0.1) is 0 Å². The molecule has 0 amide bonds. The lowest BCUT2D eigenvalue weighted by molar-refractivity contribution is -0.0498. The topological polar surface area (TPSA) is 24.5 Å². The number of alkyl halides is 2. The number of likely N-dealkylation sites (tertiary alicyclic amines) is 1. The lowest BCUT2D eigenvalue weighted by Gasteiger charge is -2.16. The molecule has 2 fully saturated rings. The molecule has 1 aliphatic heterocycles. The third kappa shape index (κ3) is 3.67. The van der Waals surface area contributed by atoms with Gasteiger partial charge in [-0.05, 0) is 37.0 Å². The molecule has 1 atom stereocenters. The van der Waals surface area contributed by atoms with Gasteiger partial charge in [0, 0.05) is 31.7 Å². The third-order valence-electron chi connectivity index (χ3n) is 4.03. The van der Waals surface area contributed by atoms with Gasteiger partial charge in [-0.2, -0.15) is 8.78 Å². The summed E-state index contributed by atoms with van der Waals surface area (Å²) in [5.74, 6) is 0.213. The summed E-state index contributed by atoms with van der Waals surface area (Å²) >= 11 is 0. The molecular weight excluding hydrogens is 262 g/mol. The van der Waals surface area contributed by atoms with Crippen molar-refractivity contribution in [2.75, 3.05) is 13.1 Å². The van der Waals surface area contributed by atoms with Crippen LogP contribution in [0.25, 0.3) is 0 Å². The van der Waals surface area contributed by atoms with Gasteiger partial charge < -0.3 is 10.1 Å². The molecule has 0 radical (unpaired) electrons. The molecule has 0 spiro atoms. The Kier molecular flexibility index (Phi) is 4.17. The van der Waals surface area contributed by atoms with Gasteiger partial charge in [0.15, 0.2) is 0 Å². The van der Waals surface area contributed by atoms with Crippen LogP contribution in [0, 0.1) is 0 Å². The summed E-state index contributed by atoms with van der Waals surface area (Å²) in [5.41, 5.74) is 1.09. The first-order chi connectivity index (χ1) is 9.70. The van der Waals surface area contributed by atoms with E-state index in [1.807, 2.05) is 12.1 Å². The highest BCUT2D eigenvalue weighted by molar-refractivity contribution is 5.27. The van der Waals surface area contributed by atoms with E-state index in [1.165, 1.54) is 25.8 Å². The van der Waals surface area contributed by atoms with E-state index in [-0.39, 0.29) is 5.75 Å². The van der Waals surface area contributed by atoms with Crippen molar-refractivity contribution in [2.24, 2.45) is 0 Å². The number of benzene rings is 1. The molecule has 2 aliphatic rings. The average Bonchev–Trinajstić information content (AvgIpc) is 3.17. The van der Waals surface area contributed by atoms with Crippen molar-refractivity contribution >= 4 is 0 Å². The van der Waals surface area contributed by atoms with Crippen LogP contribution in [-0.4, -0.2) is 36.7 Å². The van der Waals surface area contributed by atoms with Crippen molar-refractivity contribution in [1.29, 1.82) is 0 Å². The lowest BCUT2D eigenvalue weighted by Crippen LogP contribution is -2.32. The Bertz CT molecular complexity index is 434. The second-order valence-electron chi connectivity index (χ2n) is 5.62. The molecule has 0 aromatic heterocycles. The van der Waals surface area contributed by atoms with Crippen LogP contribution in [0.4, 0.5) is 8.78 Å². The molecule has 1 saturated carbocycles. The minimum Gasteiger partial charge on any atom is -0.435 e. The maximum atomic E-state index is 12.0. The summed E-state index contributed by atoms with van der Waals surface area (Å²) in [6.45, 7) is 0.352. The molecular formula is C15H20F2N2O. The van der Waals surface area contributed by atoms with E-state index in [4.69, 9.17) is 0 Å². The van der Waals surface area contributed by atoms with Crippen molar-refractivity contribution < 1.29 is 13.5 Å². The van der Waals surface area contributed by atoms with Crippen molar-refractivity contribution in [2.45, 2.75) is 44.5 Å². The molecule has 1 aromatic carbocycles. The van der Waals surface area contributed by atoms with E-state index < -0.39 is 6.61 Å². The van der Waals surface area contributed by atoms with Crippen LogP contribution >= 0.6 is 0 Å². The molecule has 110 valence electrons. The Balaban J connectivity index is 1.44. The second-order valence-corrected chi connectivity index (χ2v) is 5.62. The van der Waals surface area contributed by atoms with Gasteiger partial charge in [0.2, 0.25) is 0 Å². The van der Waals surface area contributed by atoms with Crippen molar-refractivity contribution in [3.8, 4) is 5.75 Å². The molecule has 1 saturated heterocycles. The van der Waals surface area contributed by atoms with Crippen LogP contribution in [0.2, 0.25) is 0 Å². The zero-order chi connectivity index (χ0) is 13.9. The highest BCUT2D eigenvalue weighted by atomic mass is 19.3. The quantitative estimate of drug-likeness (QED) is 0.868. The highest BCUT2D eigenvalue weighted by Gasteiger charge is 2.33. The number of halogens is 2. The third-order valence-corrected chi connectivity index (χ3v) is 4.03. The van der Waals surface area contributed by atoms with Crippen LogP contribution in [0.1, 0.15) is 24.8 Å². The summed E-state index contributed by atoms with van der Waals surface area (Å²) in [4.78, 5) is 2.57. The Labute approximate surface area is 117 Å². The average molecular weight is 282 g/mol. The van der Waals surface area contributed by atoms with Gasteiger partial charge in [-0.1, -0.05) is 12.1 Å². The molecule has 5 heteroatoms. The minimum absolute atomic E-state index is 0.213. The van der Waals surface area contributed by atoms with E-state index in [2.05, 4.69) is 15.0 Å². The molecule has 3 rings (SSSR count). The SMILES string of the molecule is FC(F)Oc1ccc(CN[C@H]2CCN(C3CC3)C2)cc1. The fraction of sp³-hybridized carbons (Fsp3) is 0.600. The van der Waals surface area contributed by atoms with Crippen molar-refractivity contribution in [3.63, 3.8) is 0 Å². The summed E-state index contributed by atoms with van der Waals surface area (Å²) in [6, 6.07) is 8.24. The largest absolute Gasteiger partial charge is 0.435 e. The highest BCUT2D eigenvalue weighted by Crippen LogP contribution is 2.29. The Morgan fingerprint density at radius 3 is 2.60 bits per heavy atom. The summed E-state index contributed by atoms with van der Waals surface area (Å²) in [6.07, 6.45) is 3.92. The lowest BCUT2D eigenvalue weighted by atomic mass is 10.2. The summed E-state index contributed by atoms with van der Waals surface area (Å²) in [5, 5.41) is 3.54. The van der Waals surface area contributed by atoms with Crippen molar-refractivity contribution in [1.82, 2.24) is 10.2 Å². The van der Waals surface area contributed by atoms with E-state index >= 15 is 0 Å². The minimum atomic E-state index is -2.76. The number of hydrogen-bond donors (Lipinski definition) is 1. The first-order valence-electron chi connectivity index (χ1n) is 7.22. The predicted molar refractivity (Wildman–Crippen MR) is 72.9 cm³/mol. The number of nitrogens with zero attached hydrogens (tertiary/aromatic N) is 1. The van der Waals surface area contributed by atoms with Gasteiger partial charge in [-0.3, -0.25) is 4.90 Å². The van der Waals surface area contributed by atoms with Crippen LogP contribution in [0.15, 0.2) is 24.3 Å². The van der Waals surface area contributed by atoms with E-state index in [1.54, 1.807) is 12.1 Å². The molecule has 0 bridgehead atoms. The fourth-order valence-electron chi connectivity index (χ4n) is 2.78. The predicted octanol–water partition coefficient (Wildman–Crippen LogP) is 2.61. The van der Waals surface area contributed by atoms with E-state index in [0.717, 1.165) is 24.7 Å². The second kappa shape index (κ2) is 6.06. The molecule has 1 aromatic rings. The van der Waals surface area contributed by atoms with Gasteiger partial charge in [-0.15, -0.1) is 0 Å². The molecule has 3 nitrogen and oxygen atoms in total. The van der Waals surface area contributed by atoms with Crippen molar-refractivity contribution in [3.05, 3.63) is 29.8 Å². The molecule has 1 aliphatic carbocycles. The summed E-state index contributed by atoms with van der Waals surface area (Å²) in [7, 11) is 0. The van der Waals surface area contributed by atoms with Crippen LogP contribution < -0.4 is 10.1 Å². The van der Waals surface area contributed by atoms with E-state index in [9.17, 15) is 8.78 Å². The zero-order valence-corrected chi connectivity index (χ0v) is 11.4. The van der Waals surface area contributed by atoms with E-state index in [0.29, 0.717) is 6.04 Å².